The zero-order valence-corrected chi connectivity index (χ0v) is 11.8. The van der Waals surface area contributed by atoms with Crippen molar-refractivity contribution in [3.05, 3.63) is 26.4 Å². The smallest absolute Gasteiger partial charge is 0.332 e. The topological polar surface area (TPSA) is 117 Å². The Balaban J connectivity index is 2.47. The van der Waals surface area contributed by atoms with E-state index in [-0.39, 0.29) is 18.9 Å². The highest BCUT2D eigenvalue weighted by molar-refractivity contribution is 6.43. The molecular weight excluding hydrogens is 280 g/mol. The van der Waals surface area contributed by atoms with E-state index in [2.05, 4.69) is 0 Å². The molecule has 1 saturated heterocycles. The fourth-order valence-electron chi connectivity index (χ4n) is 2.09. The number of amides is 1. The van der Waals surface area contributed by atoms with Gasteiger partial charge in [-0.1, -0.05) is 0 Å². The lowest BCUT2D eigenvalue weighted by molar-refractivity contribution is -0.130. The van der Waals surface area contributed by atoms with Crippen molar-refractivity contribution >= 4 is 17.5 Å². The molecule has 21 heavy (non-hydrogen) atoms. The molecule has 0 atom stereocenters. The van der Waals surface area contributed by atoms with E-state index < -0.39 is 28.5 Å². The number of carbonyl (C=O) groups is 2. The van der Waals surface area contributed by atoms with Gasteiger partial charge in [0.1, 0.15) is 11.4 Å². The molecule has 1 amide bonds. The normalized spacial score (nSPS) is 15.0. The van der Waals surface area contributed by atoms with Crippen LogP contribution in [0.4, 0.5) is 5.82 Å². The average Bonchev–Trinajstić information content (AvgIpc) is 2.51. The predicted molar refractivity (Wildman–Crippen MR) is 73.1 cm³/mol. The van der Waals surface area contributed by atoms with Crippen molar-refractivity contribution in [3.63, 3.8) is 0 Å². The quantitative estimate of drug-likeness (QED) is 0.485. The number of rotatable bonds is 2. The zero-order chi connectivity index (χ0) is 15.7. The van der Waals surface area contributed by atoms with Crippen molar-refractivity contribution in [1.29, 1.82) is 0 Å². The zero-order valence-electron chi connectivity index (χ0n) is 11.8. The van der Waals surface area contributed by atoms with Crippen LogP contribution in [0.15, 0.2) is 9.59 Å². The monoisotopic (exact) mass is 296 g/mol. The summed E-state index contributed by atoms with van der Waals surface area (Å²) in [6.07, 6.45) is 0. The highest BCUT2D eigenvalue weighted by atomic mass is 16.5. The summed E-state index contributed by atoms with van der Waals surface area (Å²) < 4.78 is 6.80. The Hall–Kier alpha value is -2.42. The molecule has 2 rings (SSSR count). The van der Waals surface area contributed by atoms with E-state index in [1.807, 2.05) is 0 Å². The largest absolute Gasteiger partial charge is 0.384 e. The minimum atomic E-state index is -1.01. The Morgan fingerprint density at radius 3 is 2.24 bits per heavy atom. The van der Waals surface area contributed by atoms with E-state index >= 15 is 0 Å². The third-order valence-corrected chi connectivity index (χ3v) is 3.43. The Morgan fingerprint density at radius 2 is 1.67 bits per heavy atom. The Bertz CT molecular complexity index is 712. The number of carbonyl (C=O) groups excluding carboxylic acids is 2. The van der Waals surface area contributed by atoms with Crippen LogP contribution in [0.1, 0.15) is 10.4 Å². The summed E-state index contributed by atoms with van der Waals surface area (Å²) in [7, 11) is 2.55. The van der Waals surface area contributed by atoms with E-state index in [4.69, 9.17) is 10.5 Å². The molecule has 9 nitrogen and oxygen atoms in total. The molecular formula is C12H16N4O5. The van der Waals surface area contributed by atoms with Crippen LogP contribution in [-0.2, 0) is 23.6 Å². The fourth-order valence-corrected chi connectivity index (χ4v) is 2.09. The van der Waals surface area contributed by atoms with Crippen molar-refractivity contribution in [3.8, 4) is 0 Å². The number of aromatic nitrogens is 2. The van der Waals surface area contributed by atoms with Gasteiger partial charge in [-0.25, -0.2) is 4.79 Å². The number of ketones is 1. The van der Waals surface area contributed by atoms with Gasteiger partial charge in [-0.15, -0.1) is 0 Å². The van der Waals surface area contributed by atoms with Gasteiger partial charge >= 0.3 is 5.69 Å². The molecule has 1 aliphatic rings. The highest BCUT2D eigenvalue weighted by Gasteiger charge is 2.30. The molecule has 1 aliphatic heterocycles. The third kappa shape index (κ3) is 2.47. The summed E-state index contributed by atoms with van der Waals surface area (Å²) in [4.78, 5) is 49.4. The van der Waals surface area contributed by atoms with Crippen molar-refractivity contribution in [2.75, 3.05) is 32.0 Å². The minimum absolute atomic E-state index is 0.274. The van der Waals surface area contributed by atoms with Crippen LogP contribution in [-0.4, -0.2) is 52.0 Å². The first-order valence-corrected chi connectivity index (χ1v) is 6.33. The second-order valence-electron chi connectivity index (χ2n) is 4.70. The maximum Gasteiger partial charge on any atom is 0.332 e. The maximum atomic E-state index is 12.3. The lowest BCUT2D eigenvalue weighted by atomic mass is 10.1. The predicted octanol–water partition coefficient (Wildman–Crippen LogP) is -2.29. The number of ether oxygens (including phenoxy) is 1. The number of anilines is 1. The molecule has 114 valence electrons. The number of hydrogen-bond donors (Lipinski definition) is 1. The summed E-state index contributed by atoms with van der Waals surface area (Å²) in [6.45, 7) is 1.21. The number of hydrogen-bond acceptors (Lipinski definition) is 6. The van der Waals surface area contributed by atoms with Crippen molar-refractivity contribution in [1.82, 2.24) is 14.0 Å². The van der Waals surface area contributed by atoms with Crippen molar-refractivity contribution in [2.24, 2.45) is 14.1 Å². The second kappa shape index (κ2) is 5.52. The first-order chi connectivity index (χ1) is 9.86. The second-order valence-corrected chi connectivity index (χ2v) is 4.70. The molecule has 2 N–H and O–H groups in total. The molecule has 1 aromatic heterocycles. The Kier molecular flexibility index (Phi) is 3.94. The van der Waals surface area contributed by atoms with Gasteiger partial charge in [-0.3, -0.25) is 23.5 Å². The fraction of sp³-hybridized carbons (Fsp3) is 0.500. The molecule has 9 heteroatoms. The molecule has 0 unspecified atom stereocenters. The molecule has 0 aromatic carbocycles. The lowest BCUT2D eigenvalue weighted by Gasteiger charge is -2.26. The average molecular weight is 296 g/mol. The molecule has 2 heterocycles. The van der Waals surface area contributed by atoms with Gasteiger partial charge in [0.15, 0.2) is 0 Å². The molecule has 0 spiro atoms. The van der Waals surface area contributed by atoms with Crippen LogP contribution in [0, 0.1) is 0 Å². The van der Waals surface area contributed by atoms with Crippen LogP contribution in [0.2, 0.25) is 0 Å². The van der Waals surface area contributed by atoms with E-state index in [1.165, 1.54) is 19.0 Å². The van der Waals surface area contributed by atoms with Crippen molar-refractivity contribution < 1.29 is 14.3 Å². The SMILES string of the molecule is Cn1c(N)c(C(=O)C(=O)N2CCOCC2)c(=O)n(C)c1=O. The summed E-state index contributed by atoms with van der Waals surface area (Å²) in [5.74, 6) is -2.14. The molecule has 0 aliphatic carbocycles. The summed E-state index contributed by atoms with van der Waals surface area (Å²) >= 11 is 0. The third-order valence-electron chi connectivity index (χ3n) is 3.43. The summed E-state index contributed by atoms with van der Waals surface area (Å²) in [6, 6.07) is 0. The summed E-state index contributed by atoms with van der Waals surface area (Å²) in [5.41, 5.74) is 3.65. The van der Waals surface area contributed by atoms with Crippen LogP contribution in [0.3, 0.4) is 0 Å². The van der Waals surface area contributed by atoms with Crippen LogP contribution < -0.4 is 17.0 Å². The van der Waals surface area contributed by atoms with Gasteiger partial charge in [0.05, 0.1) is 13.2 Å². The first kappa shape index (κ1) is 15.0. The molecule has 1 aromatic rings. The molecule has 0 radical (unpaired) electrons. The van der Waals surface area contributed by atoms with E-state index in [1.54, 1.807) is 0 Å². The van der Waals surface area contributed by atoms with Gasteiger partial charge in [-0.05, 0) is 0 Å². The van der Waals surface area contributed by atoms with Gasteiger partial charge in [0, 0.05) is 27.2 Å². The Labute approximate surface area is 119 Å². The molecule has 0 bridgehead atoms. The van der Waals surface area contributed by atoms with Gasteiger partial charge in [0.25, 0.3) is 17.2 Å². The van der Waals surface area contributed by atoms with Crippen molar-refractivity contribution in [2.45, 2.75) is 0 Å². The maximum absolute atomic E-state index is 12.3. The number of nitrogens with two attached hydrogens (primary N) is 1. The van der Waals surface area contributed by atoms with Gasteiger partial charge in [0.2, 0.25) is 0 Å². The van der Waals surface area contributed by atoms with Crippen LogP contribution in [0.5, 0.6) is 0 Å². The van der Waals surface area contributed by atoms with E-state index in [0.29, 0.717) is 13.2 Å². The number of Topliss-reactive ketones (excluding diaryl/α,β-unsaturated/α-hetero) is 1. The number of nitrogens with zero attached hydrogens (tertiary/aromatic N) is 3. The van der Waals surface area contributed by atoms with E-state index in [9.17, 15) is 19.2 Å². The van der Waals surface area contributed by atoms with Crippen LogP contribution in [0.25, 0.3) is 0 Å². The number of morpholine rings is 1. The Morgan fingerprint density at radius 1 is 1.10 bits per heavy atom. The lowest BCUT2D eigenvalue weighted by Crippen LogP contribution is -2.47. The van der Waals surface area contributed by atoms with Gasteiger partial charge in [-0.2, -0.15) is 0 Å². The minimum Gasteiger partial charge on any atom is -0.384 e. The number of nitrogen functional groups attached to an aromatic ring is 1. The molecule has 0 saturated carbocycles. The standard InChI is InChI=1S/C12H16N4O5/c1-14-9(13)7(10(18)15(2)12(14)20)8(17)11(19)16-3-5-21-6-4-16/h3-6,13H2,1-2H3. The first-order valence-electron chi connectivity index (χ1n) is 6.33. The van der Waals surface area contributed by atoms with Gasteiger partial charge < -0.3 is 15.4 Å². The van der Waals surface area contributed by atoms with E-state index in [0.717, 1.165) is 9.13 Å². The highest BCUT2D eigenvalue weighted by Crippen LogP contribution is 2.07. The van der Waals surface area contributed by atoms with Crippen LogP contribution >= 0.6 is 0 Å². The molecule has 1 fully saturated rings. The summed E-state index contributed by atoms with van der Waals surface area (Å²) in [5, 5.41) is 0.